The predicted octanol–water partition coefficient (Wildman–Crippen LogP) is 4.01. The van der Waals surface area contributed by atoms with Gasteiger partial charge in [0.05, 0.1) is 42.0 Å². The van der Waals surface area contributed by atoms with Crippen molar-refractivity contribution >= 4 is 43.3 Å². The third-order valence-electron chi connectivity index (χ3n) is 8.12. The molecule has 0 radical (unpaired) electrons. The Kier molecular flexibility index (Phi) is 5.85. The Hall–Kier alpha value is -3.50. The molecular weight excluding hydrogens is 524 g/mol. The van der Waals surface area contributed by atoms with Crippen LogP contribution in [0.1, 0.15) is 36.5 Å². The molecule has 200 valence electrons. The Bertz CT molecular complexity index is 1680. The van der Waals surface area contributed by atoms with E-state index in [1.807, 2.05) is 6.07 Å². The maximum Gasteiger partial charge on any atom is 0.226 e. The minimum absolute atomic E-state index is 0.0876. The summed E-state index contributed by atoms with van der Waals surface area (Å²) in [5, 5.41) is 14.4. The zero-order valence-corrected chi connectivity index (χ0v) is 21.9. The Morgan fingerprint density at radius 3 is 2.82 bits per heavy atom. The minimum atomic E-state index is -0.610. The van der Waals surface area contributed by atoms with E-state index in [1.54, 1.807) is 6.20 Å². The molecule has 0 spiro atoms. The number of fused-ring (bicyclic) bond motifs is 4. The van der Waals surface area contributed by atoms with Gasteiger partial charge in [-0.15, -0.1) is 11.3 Å². The van der Waals surface area contributed by atoms with Crippen molar-refractivity contribution in [3.8, 4) is 17.3 Å². The number of nitrogens with one attached hydrogen (secondary N) is 1. The lowest BCUT2D eigenvalue weighted by atomic mass is 9.94. The van der Waals surface area contributed by atoms with Crippen molar-refractivity contribution in [2.75, 3.05) is 30.4 Å². The number of pyridine rings is 1. The highest BCUT2D eigenvalue weighted by atomic mass is 32.1. The van der Waals surface area contributed by atoms with Crippen molar-refractivity contribution in [1.29, 1.82) is 5.26 Å². The highest BCUT2D eigenvalue weighted by Crippen LogP contribution is 2.45. The van der Waals surface area contributed by atoms with Crippen LogP contribution in [-0.4, -0.2) is 52.8 Å². The van der Waals surface area contributed by atoms with E-state index in [9.17, 15) is 9.65 Å². The summed E-state index contributed by atoms with van der Waals surface area (Å²) in [5.74, 6) is -0.766. The number of nitrogens with zero attached hydrogens (tertiary/aromatic N) is 5. The fourth-order valence-corrected chi connectivity index (χ4v) is 7.01. The number of thiophene rings is 1. The van der Waals surface area contributed by atoms with E-state index in [-0.39, 0.29) is 62.7 Å². The van der Waals surface area contributed by atoms with E-state index in [2.05, 4.69) is 27.1 Å². The van der Waals surface area contributed by atoms with Crippen LogP contribution in [0.4, 0.5) is 19.7 Å². The van der Waals surface area contributed by atoms with Crippen LogP contribution in [0, 0.1) is 23.0 Å². The second-order valence-electron chi connectivity index (χ2n) is 10.2. The van der Waals surface area contributed by atoms with Crippen molar-refractivity contribution in [3.63, 3.8) is 0 Å². The van der Waals surface area contributed by atoms with Gasteiger partial charge in [0.2, 0.25) is 5.95 Å². The molecule has 9 nitrogen and oxygen atoms in total. The van der Waals surface area contributed by atoms with Gasteiger partial charge in [-0.1, -0.05) is 0 Å². The van der Waals surface area contributed by atoms with Crippen LogP contribution in [0.15, 0.2) is 12.4 Å². The molecule has 0 aliphatic carbocycles. The number of ether oxygens (including phenoxy) is 2. The van der Waals surface area contributed by atoms with Gasteiger partial charge >= 0.3 is 0 Å². The SMILES string of the molecule is C[C@H]1[C@@H](NC2CCOC2)CCN1c1ncc2c3c(c(-c4ncc(F)c5sc(N)c(C#N)c45)c(F)c2n1)COC3. The van der Waals surface area contributed by atoms with Gasteiger partial charge in [-0.25, -0.2) is 18.7 Å². The number of hydrogen-bond acceptors (Lipinski definition) is 10. The molecule has 39 heavy (non-hydrogen) atoms. The predicted molar refractivity (Wildman–Crippen MR) is 143 cm³/mol. The molecule has 0 bridgehead atoms. The van der Waals surface area contributed by atoms with Crippen molar-refractivity contribution < 1.29 is 18.3 Å². The maximum atomic E-state index is 16.6. The number of halogens is 2. The van der Waals surface area contributed by atoms with E-state index >= 15 is 4.39 Å². The van der Waals surface area contributed by atoms with E-state index in [0.29, 0.717) is 29.5 Å². The average Bonchev–Trinajstić information content (AvgIpc) is 3.74. The van der Waals surface area contributed by atoms with Gasteiger partial charge in [-0.3, -0.25) is 4.98 Å². The minimum Gasteiger partial charge on any atom is -0.389 e. The van der Waals surface area contributed by atoms with Gasteiger partial charge in [0.15, 0.2) is 11.6 Å². The summed E-state index contributed by atoms with van der Waals surface area (Å²) in [7, 11) is 0. The molecule has 3 N–H and O–H groups in total. The van der Waals surface area contributed by atoms with Gasteiger partial charge in [0, 0.05) is 53.8 Å². The Labute approximate surface area is 226 Å². The molecule has 12 heteroatoms. The van der Waals surface area contributed by atoms with E-state index in [0.717, 1.165) is 49.1 Å². The number of aromatic nitrogens is 3. The van der Waals surface area contributed by atoms with Gasteiger partial charge < -0.3 is 25.4 Å². The number of nitriles is 1. The normalized spacial score (nSPS) is 22.7. The van der Waals surface area contributed by atoms with Crippen LogP contribution in [0.2, 0.25) is 0 Å². The summed E-state index contributed by atoms with van der Waals surface area (Å²) in [4.78, 5) is 15.7. The smallest absolute Gasteiger partial charge is 0.226 e. The first-order valence-electron chi connectivity index (χ1n) is 12.9. The standard InChI is InChI=1S/C27H25F2N7O2S/c1-12-19(34-13-3-5-37-9-13)2-4-36(12)27-33-7-15-16-10-38-11-17(16)20(22(29)23(15)35-27)24-21-14(6-30)26(31)39-25(21)18(28)8-32-24/h7-8,12-13,19,34H,2-5,9-11,31H2,1H3/t12-,13?,19-/m0/s1. The highest BCUT2D eigenvalue weighted by Gasteiger charge is 2.35. The van der Waals surface area contributed by atoms with Crippen LogP contribution in [0.5, 0.6) is 0 Å². The van der Waals surface area contributed by atoms with Gasteiger partial charge in [-0.05, 0) is 30.9 Å². The first-order chi connectivity index (χ1) is 19.0. The molecule has 3 aromatic heterocycles. The van der Waals surface area contributed by atoms with Gasteiger partial charge in [0.1, 0.15) is 16.6 Å². The summed E-state index contributed by atoms with van der Waals surface area (Å²) in [6.45, 7) is 4.76. The molecule has 3 aliphatic rings. The molecule has 7 rings (SSSR count). The van der Waals surface area contributed by atoms with Crippen LogP contribution in [-0.2, 0) is 22.7 Å². The zero-order valence-electron chi connectivity index (χ0n) is 21.1. The number of benzene rings is 1. The number of rotatable bonds is 4. The molecule has 3 atom stereocenters. The van der Waals surface area contributed by atoms with Crippen molar-refractivity contribution in [1.82, 2.24) is 20.3 Å². The number of anilines is 2. The van der Waals surface area contributed by atoms with Crippen LogP contribution in [0.25, 0.3) is 32.2 Å². The van der Waals surface area contributed by atoms with Gasteiger partial charge in [-0.2, -0.15) is 5.26 Å². The average molecular weight is 550 g/mol. The Balaban J connectivity index is 1.36. The van der Waals surface area contributed by atoms with E-state index in [1.165, 1.54) is 0 Å². The highest BCUT2D eigenvalue weighted by molar-refractivity contribution is 7.23. The lowest BCUT2D eigenvalue weighted by Gasteiger charge is -2.27. The zero-order chi connectivity index (χ0) is 26.8. The fraction of sp³-hybridized carbons (Fsp3) is 0.407. The molecule has 1 aromatic carbocycles. The molecule has 0 amide bonds. The summed E-state index contributed by atoms with van der Waals surface area (Å²) in [6, 6.07) is 2.73. The fourth-order valence-electron chi connectivity index (χ4n) is 6.09. The monoisotopic (exact) mass is 549 g/mol. The van der Waals surface area contributed by atoms with E-state index < -0.39 is 11.6 Å². The number of nitrogens with two attached hydrogens (primary N) is 1. The second-order valence-corrected chi connectivity index (χ2v) is 11.3. The Morgan fingerprint density at radius 1 is 1.18 bits per heavy atom. The number of nitrogen functional groups attached to an aromatic ring is 1. The summed E-state index contributed by atoms with van der Waals surface area (Å²) in [5.41, 5.74) is 7.96. The van der Waals surface area contributed by atoms with Crippen molar-refractivity contribution in [2.45, 2.75) is 51.1 Å². The summed E-state index contributed by atoms with van der Waals surface area (Å²) >= 11 is 0.953. The summed E-state index contributed by atoms with van der Waals surface area (Å²) in [6.07, 6.45) is 4.61. The molecule has 1 unspecified atom stereocenters. The molecule has 6 heterocycles. The quantitative estimate of drug-likeness (QED) is 0.389. The molecule has 4 aromatic rings. The van der Waals surface area contributed by atoms with Crippen LogP contribution in [0.3, 0.4) is 0 Å². The van der Waals surface area contributed by atoms with Crippen molar-refractivity contribution in [2.24, 2.45) is 0 Å². The Morgan fingerprint density at radius 2 is 2.03 bits per heavy atom. The molecule has 0 saturated carbocycles. The third kappa shape index (κ3) is 3.76. The lowest BCUT2D eigenvalue weighted by Crippen LogP contribution is -2.45. The second kappa shape index (κ2) is 9.31. The molecule has 2 fully saturated rings. The third-order valence-corrected chi connectivity index (χ3v) is 9.15. The van der Waals surface area contributed by atoms with Crippen LogP contribution < -0.4 is 16.0 Å². The topological polar surface area (TPSA) is 122 Å². The van der Waals surface area contributed by atoms with Crippen molar-refractivity contribution in [3.05, 3.63) is 40.7 Å². The largest absolute Gasteiger partial charge is 0.389 e. The summed E-state index contributed by atoms with van der Waals surface area (Å²) < 4.78 is 42.6. The molecule has 2 saturated heterocycles. The van der Waals surface area contributed by atoms with E-state index in [4.69, 9.17) is 20.2 Å². The first-order valence-corrected chi connectivity index (χ1v) is 13.7. The lowest BCUT2D eigenvalue weighted by molar-refractivity contribution is 0.135. The molecule has 3 aliphatic heterocycles. The number of hydrogen-bond donors (Lipinski definition) is 2. The first kappa shape index (κ1) is 24.5. The van der Waals surface area contributed by atoms with Crippen LogP contribution >= 0.6 is 11.3 Å². The van der Waals surface area contributed by atoms with Gasteiger partial charge in [0.25, 0.3) is 0 Å². The maximum absolute atomic E-state index is 16.6. The molecular formula is C27H25F2N7O2S.